The van der Waals surface area contributed by atoms with Crippen molar-refractivity contribution in [1.82, 2.24) is 4.57 Å². The van der Waals surface area contributed by atoms with E-state index >= 15 is 0 Å². The standard InChI is InChI=1S/C12H14N3O3.C2F6NO4S2/c1-3-13-6-7-14(9-13)11-5-4-10(15(16)17)8-12(11)18-2;3-1(4,5)14(10,11)9-15(12,13)2(6,7)8/h4-9H,3H2,1-2H3;/q+1;-1. The number of hydrogen-bond donors (Lipinski definition) is 0. The molecular weight excluding hydrogens is 514 g/mol. The summed E-state index contributed by atoms with van der Waals surface area (Å²) in [7, 11) is -11.9. The van der Waals surface area contributed by atoms with E-state index in [0.29, 0.717) is 5.75 Å². The van der Waals surface area contributed by atoms with Crippen LogP contribution < -0.4 is 9.30 Å². The number of imidazole rings is 1. The molecule has 0 N–H and O–H groups in total. The molecule has 0 saturated heterocycles. The van der Waals surface area contributed by atoms with Gasteiger partial charge in [-0.1, -0.05) is 0 Å². The fourth-order valence-corrected chi connectivity index (χ4v) is 3.64. The molecule has 2 aromatic rings. The molecule has 11 nitrogen and oxygen atoms in total. The first-order valence-electron chi connectivity index (χ1n) is 8.13. The number of sulfonamides is 2. The molecule has 0 atom stereocenters. The number of halogens is 6. The van der Waals surface area contributed by atoms with Gasteiger partial charge in [-0.2, -0.15) is 30.9 Å². The van der Waals surface area contributed by atoms with Gasteiger partial charge in [-0.05, 0) is 13.0 Å². The highest BCUT2D eigenvalue weighted by atomic mass is 32.3. The van der Waals surface area contributed by atoms with Gasteiger partial charge in [-0.3, -0.25) is 10.1 Å². The van der Waals surface area contributed by atoms with Crippen LogP contribution in [0.2, 0.25) is 0 Å². The molecule has 0 fully saturated rings. The summed E-state index contributed by atoms with van der Waals surface area (Å²) in [6.07, 6.45) is 5.72. The van der Waals surface area contributed by atoms with E-state index in [9.17, 15) is 53.3 Å². The smallest absolute Gasteiger partial charge is 0.480 e. The molecule has 1 heterocycles. The topological polar surface area (TPSA) is 144 Å². The summed E-state index contributed by atoms with van der Waals surface area (Å²) in [5, 5.41) is 10.7. The zero-order valence-electron chi connectivity index (χ0n) is 16.4. The number of hydrogen-bond acceptors (Lipinski definition) is 7. The third-order valence-corrected chi connectivity index (χ3v) is 6.23. The van der Waals surface area contributed by atoms with Crippen LogP contribution in [-0.4, -0.2) is 44.5 Å². The van der Waals surface area contributed by atoms with E-state index < -0.39 is 36.0 Å². The van der Waals surface area contributed by atoms with Crippen LogP contribution in [0.1, 0.15) is 6.92 Å². The number of aromatic nitrogens is 2. The molecular formula is C14H14F6N4O7S2. The maximum Gasteiger partial charge on any atom is 0.480 e. The van der Waals surface area contributed by atoms with Crippen molar-refractivity contribution in [3.8, 4) is 11.4 Å². The number of rotatable bonds is 6. The average Bonchev–Trinajstić information content (AvgIpc) is 3.14. The van der Waals surface area contributed by atoms with Gasteiger partial charge in [0.05, 0.1) is 24.6 Å². The van der Waals surface area contributed by atoms with Crippen LogP contribution in [-0.2, 0) is 26.6 Å². The van der Waals surface area contributed by atoms with Crippen LogP contribution in [0.15, 0.2) is 36.9 Å². The Morgan fingerprint density at radius 3 is 1.97 bits per heavy atom. The third kappa shape index (κ3) is 7.02. The highest BCUT2D eigenvalue weighted by Gasteiger charge is 2.46. The third-order valence-electron chi connectivity index (χ3n) is 3.49. The Bertz CT molecular complexity index is 1170. The van der Waals surface area contributed by atoms with Crippen molar-refractivity contribution in [2.24, 2.45) is 0 Å². The normalized spacial score (nSPS) is 12.6. The number of ether oxygens (including phenoxy) is 1. The lowest BCUT2D eigenvalue weighted by molar-refractivity contribution is -0.692. The van der Waals surface area contributed by atoms with Crippen LogP contribution in [0.3, 0.4) is 0 Å². The molecule has 0 aliphatic rings. The molecule has 1 aromatic carbocycles. The van der Waals surface area contributed by atoms with Gasteiger partial charge in [-0.25, -0.2) is 21.4 Å². The minimum atomic E-state index is -6.72. The Labute approximate surface area is 182 Å². The minimum Gasteiger partial charge on any atom is -0.492 e. The summed E-state index contributed by atoms with van der Waals surface area (Å²) < 4.78 is 118. The molecule has 0 bridgehead atoms. The van der Waals surface area contributed by atoms with Crippen molar-refractivity contribution in [1.29, 1.82) is 0 Å². The van der Waals surface area contributed by atoms with E-state index in [4.69, 9.17) is 4.74 Å². The zero-order chi connectivity index (χ0) is 25.8. The van der Waals surface area contributed by atoms with Crippen molar-refractivity contribution >= 4 is 25.7 Å². The molecule has 0 amide bonds. The highest BCUT2D eigenvalue weighted by molar-refractivity contribution is 8.13. The molecule has 2 rings (SSSR count). The maximum atomic E-state index is 11.4. The second kappa shape index (κ2) is 9.91. The van der Waals surface area contributed by atoms with Gasteiger partial charge >= 0.3 is 11.0 Å². The van der Waals surface area contributed by atoms with Crippen molar-refractivity contribution in [2.45, 2.75) is 24.5 Å². The summed E-state index contributed by atoms with van der Waals surface area (Å²) in [6, 6.07) is 4.57. The van der Waals surface area contributed by atoms with Gasteiger partial charge in [0, 0.05) is 6.07 Å². The van der Waals surface area contributed by atoms with Crippen LogP contribution in [0.5, 0.6) is 5.75 Å². The van der Waals surface area contributed by atoms with Crippen molar-refractivity contribution < 1.29 is 57.4 Å². The quantitative estimate of drug-likeness (QED) is 0.243. The van der Waals surface area contributed by atoms with E-state index in [1.807, 2.05) is 34.8 Å². The Morgan fingerprint density at radius 2 is 1.61 bits per heavy atom. The van der Waals surface area contributed by atoms with Gasteiger partial charge < -0.3 is 8.86 Å². The summed E-state index contributed by atoms with van der Waals surface area (Å²) in [4.78, 5) is 10.3. The molecule has 0 saturated carbocycles. The van der Waals surface area contributed by atoms with E-state index in [2.05, 4.69) is 0 Å². The van der Waals surface area contributed by atoms with E-state index in [1.54, 1.807) is 6.07 Å². The number of methoxy groups -OCH3 is 1. The largest absolute Gasteiger partial charge is 0.492 e. The lowest BCUT2D eigenvalue weighted by atomic mass is 10.2. The number of benzene rings is 1. The van der Waals surface area contributed by atoms with Crippen LogP contribution in [0.25, 0.3) is 9.81 Å². The number of nitro benzene ring substituents is 1. The number of nitro groups is 1. The van der Waals surface area contributed by atoms with Crippen LogP contribution in [0.4, 0.5) is 32.0 Å². The second-order valence-corrected chi connectivity index (χ2v) is 9.10. The van der Waals surface area contributed by atoms with Crippen molar-refractivity contribution in [2.75, 3.05) is 7.11 Å². The second-order valence-electron chi connectivity index (χ2n) is 5.68. The predicted molar refractivity (Wildman–Crippen MR) is 98.2 cm³/mol. The van der Waals surface area contributed by atoms with Gasteiger partial charge in [0.2, 0.25) is 6.33 Å². The van der Waals surface area contributed by atoms with Crippen LogP contribution >= 0.6 is 0 Å². The first kappa shape index (κ1) is 28.1. The fraction of sp³-hybridized carbons (Fsp3) is 0.357. The van der Waals surface area contributed by atoms with E-state index in [-0.39, 0.29) is 5.69 Å². The average molecular weight is 528 g/mol. The predicted octanol–water partition coefficient (Wildman–Crippen LogP) is 2.76. The maximum absolute atomic E-state index is 11.4. The van der Waals surface area contributed by atoms with E-state index in [0.717, 1.165) is 16.4 Å². The monoisotopic (exact) mass is 528 g/mol. The number of aryl methyl sites for hydroxylation is 1. The van der Waals surface area contributed by atoms with E-state index in [1.165, 1.54) is 19.2 Å². The summed E-state index contributed by atoms with van der Waals surface area (Å²) >= 11 is 0. The van der Waals surface area contributed by atoms with Gasteiger partial charge in [0.15, 0.2) is 31.5 Å². The Morgan fingerprint density at radius 1 is 1.09 bits per heavy atom. The lowest BCUT2D eigenvalue weighted by Crippen LogP contribution is -2.30. The number of alkyl halides is 6. The van der Waals surface area contributed by atoms with Gasteiger partial charge in [0.1, 0.15) is 12.4 Å². The lowest BCUT2D eigenvalue weighted by Gasteiger charge is -2.22. The molecule has 33 heavy (non-hydrogen) atoms. The molecule has 1 aromatic heterocycles. The molecule has 0 aliphatic heterocycles. The molecule has 186 valence electrons. The van der Waals surface area contributed by atoms with Crippen molar-refractivity contribution in [3.05, 3.63) is 51.2 Å². The molecule has 0 spiro atoms. The number of nitrogens with zero attached hydrogens (tertiary/aromatic N) is 4. The Hall–Kier alpha value is -2.93. The van der Waals surface area contributed by atoms with Crippen molar-refractivity contribution in [3.63, 3.8) is 0 Å². The Kier molecular flexibility index (Phi) is 8.44. The highest BCUT2D eigenvalue weighted by Crippen LogP contribution is 2.36. The minimum absolute atomic E-state index is 0.0196. The Balaban J connectivity index is 0.000000337. The summed E-state index contributed by atoms with van der Waals surface area (Å²) in [5.74, 6) is 0.475. The molecule has 19 heteroatoms. The molecule has 0 aliphatic carbocycles. The first-order valence-corrected chi connectivity index (χ1v) is 11.0. The summed E-state index contributed by atoms with van der Waals surface area (Å²) in [6.45, 7) is 2.90. The van der Waals surface area contributed by atoms with Crippen LogP contribution in [0, 0.1) is 10.1 Å². The fourth-order valence-electron chi connectivity index (χ4n) is 1.93. The zero-order valence-corrected chi connectivity index (χ0v) is 18.0. The summed E-state index contributed by atoms with van der Waals surface area (Å²) in [5.41, 5.74) is -11.6. The van der Waals surface area contributed by atoms with Gasteiger partial charge in [-0.15, -0.1) is 0 Å². The first-order chi connectivity index (χ1) is 14.9. The number of non-ortho nitro benzene ring substituents is 1. The van der Waals surface area contributed by atoms with Gasteiger partial charge in [0.25, 0.3) is 5.69 Å². The SMILES string of the molecule is CC[n+]1ccn(-c2ccc([N+](=O)[O-])cc2OC)c1.O=S(=O)([N-]S(=O)(=O)C(F)(F)F)C(F)(F)F. The molecule has 0 unspecified atom stereocenters. The molecule has 0 radical (unpaired) electrons.